The van der Waals surface area contributed by atoms with E-state index in [1.54, 1.807) is 18.2 Å². The monoisotopic (exact) mass is 380 g/mol. The lowest BCUT2D eigenvalue weighted by atomic mass is 9.98. The SMILES string of the molecule is O=C(/C=C/c1ccccc1)O[C@H](c1ccccc1)[C@H]1O[C@@H]2CC(=O)O[C@@H]2[C@H]1O. The van der Waals surface area contributed by atoms with Crippen LogP contribution in [0.3, 0.4) is 0 Å². The highest BCUT2D eigenvalue weighted by Crippen LogP contribution is 2.38. The van der Waals surface area contributed by atoms with Gasteiger partial charge in [-0.3, -0.25) is 4.79 Å². The fourth-order valence-electron chi connectivity index (χ4n) is 3.55. The van der Waals surface area contributed by atoms with Crippen LogP contribution >= 0.6 is 0 Å². The van der Waals surface area contributed by atoms with E-state index in [0.29, 0.717) is 5.56 Å². The highest BCUT2D eigenvalue weighted by atomic mass is 16.6. The summed E-state index contributed by atoms with van der Waals surface area (Å²) in [5.41, 5.74) is 1.56. The van der Waals surface area contributed by atoms with Crippen molar-refractivity contribution in [2.24, 2.45) is 0 Å². The quantitative estimate of drug-likeness (QED) is 0.634. The van der Waals surface area contributed by atoms with Crippen LogP contribution in [0.2, 0.25) is 0 Å². The number of ether oxygens (including phenoxy) is 3. The second kappa shape index (κ2) is 7.96. The summed E-state index contributed by atoms with van der Waals surface area (Å²) < 4.78 is 16.7. The molecule has 2 fully saturated rings. The van der Waals surface area contributed by atoms with Crippen molar-refractivity contribution in [2.75, 3.05) is 0 Å². The highest BCUT2D eigenvalue weighted by Gasteiger charge is 2.54. The Hall–Kier alpha value is -2.96. The van der Waals surface area contributed by atoms with Gasteiger partial charge in [0.15, 0.2) is 12.2 Å². The van der Waals surface area contributed by atoms with Crippen molar-refractivity contribution < 1.29 is 28.9 Å². The predicted molar refractivity (Wildman–Crippen MR) is 99.9 cm³/mol. The van der Waals surface area contributed by atoms with Crippen molar-refractivity contribution in [1.82, 2.24) is 0 Å². The molecule has 0 aromatic heterocycles. The van der Waals surface area contributed by atoms with Crippen LogP contribution in [0.25, 0.3) is 6.08 Å². The van der Waals surface area contributed by atoms with E-state index < -0.39 is 42.5 Å². The van der Waals surface area contributed by atoms with Gasteiger partial charge in [0.1, 0.15) is 18.3 Å². The topological polar surface area (TPSA) is 82.1 Å². The van der Waals surface area contributed by atoms with Gasteiger partial charge in [0.25, 0.3) is 0 Å². The number of rotatable bonds is 5. The second-order valence-electron chi connectivity index (χ2n) is 6.80. The van der Waals surface area contributed by atoms with Crippen LogP contribution in [-0.4, -0.2) is 41.5 Å². The van der Waals surface area contributed by atoms with Crippen molar-refractivity contribution in [3.8, 4) is 0 Å². The highest BCUT2D eigenvalue weighted by molar-refractivity contribution is 5.87. The van der Waals surface area contributed by atoms with Gasteiger partial charge in [0.2, 0.25) is 0 Å². The molecule has 0 spiro atoms. The molecule has 0 radical (unpaired) electrons. The van der Waals surface area contributed by atoms with Crippen molar-refractivity contribution in [3.05, 3.63) is 77.9 Å². The lowest BCUT2D eigenvalue weighted by Crippen LogP contribution is -2.37. The molecule has 28 heavy (non-hydrogen) atoms. The lowest BCUT2D eigenvalue weighted by Gasteiger charge is -2.26. The number of hydrogen-bond acceptors (Lipinski definition) is 6. The molecule has 1 N–H and O–H groups in total. The summed E-state index contributed by atoms with van der Waals surface area (Å²) in [6.45, 7) is 0. The summed E-state index contributed by atoms with van der Waals surface area (Å²) in [6, 6.07) is 18.5. The Morgan fingerprint density at radius 3 is 2.46 bits per heavy atom. The number of hydrogen-bond donors (Lipinski definition) is 1. The van der Waals surface area contributed by atoms with E-state index in [-0.39, 0.29) is 6.42 Å². The summed E-state index contributed by atoms with van der Waals surface area (Å²) in [6.07, 6.45) is -0.901. The summed E-state index contributed by atoms with van der Waals surface area (Å²) in [7, 11) is 0. The Morgan fingerprint density at radius 1 is 1.11 bits per heavy atom. The maximum absolute atomic E-state index is 12.4. The molecule has 6 heteroatoms. The molecule has 0 saturated carbocycles. The van der Waals surface area contributed by atoms with Gasteiger partial charge in [-0.05, 0) is 17.2 Å². The first kappa shape index (κ1) is 18.4. The number of carbonyl (C=O) groups excluding carboxylic acids is 2. The Morgan fingerprint density at radius 2 is 1.79 bits per heavy atom. The Bertz CT molecular complexity index is 863. The van der Waals surface area contributed by atoms with E-state index in [0.717, 1.165) is 5.56 Å². The van der Waals surface area contributed by atoms with Crippen molar-refractivity contribution >= 4 is 18.0 Å². The first-order valence-corrected chi connectivity index (χ1v) is 9.13. The molecule has 6 nitrogen and oxygen atoms in total. The largest absolute Gasteiger partial charge is 0.457 e. The van der Waals surface area contributed by atoms with Gasteiger partial charge < -0.3 is 19.3 Å². The molecule has 0 unspecified atom stereocenters. The predicted octanol–water partition coefficient (Wildman–Crippen LogP) is 2.43. The van der Waals surface area contributed by atoms with Crippen molar-refractivity contribution in [3.63, 3.8) is 0 Å². The molecule has 2 aliphatic rings. The minimum absolute atomic E-state index is 0.0849. The van der Waals surface area contributed by atoms with Crippen LogP contribution in [0, 0.1) is 0 Å². The van der Waals surface area contributed by atoms with Gasteiger partial charge in [0.05, 0.1) is 6.42 Å². The average molecular weight is 380 g/mol. The van der Waals surface area contributed by atoms with Gasteiger partial charge in [0, 0.05) is 6.08 Å². The Labute approximate surface area is 162 Å². The lowest BCUT2D eigenvalue weighted by molar-refractivity contribution is -0.159. The molecule has 5 atom stereocenters. The zero-order chi connectivity index (χ0) is 19.5. The van der Waals surface area contributed by atoms with Crippen molar-refractivity contribution in [1.29, 1.82) is 0 Å². The van der Waals surface area contributed by atoms with Crippen LogP contribution < -0.4 is 0 Å². The number of aliphatic hydroxyl groups excluding tert-OH is 1. The molecular weight excluding hydrogens is 360 g/mol. The summed E-state index contributed by atoms with van der Waals surface area (Å²) in [5, 5.41) is 10.6. The zero-order valence-electron chi connectivity index (χ0n) is 15.0. The number of benzene rings is 2. The van der Waals surface area contributed by atoms with Gasteiger partial charge in [-0.25, -0.2) is 4.79 Å². The standard InChI is InChI=1S/C22H20O6/c23-17(12-11-14-7-3-1-4-8-14)27-20(15-9-5-2-6-10-15)22-19(25)21-16(26-22)13-18(24)28-21/h1-12,16,19-22,25H,13H2/b12-11+/t16-,19-,20-,21+,22+/m1/s1. The molecule has 0 amide bonds. The molecule has 4 rings (SSSR count). The van der Waals surface area contributed by atoms with Crippen LogP contribution in [0.5, 0.6) is 0 Å². The first-order valence-electron chi connectivity index (χ1n) is 9.13. The van der Waals surface area contributed by atoms with E-state index in [1.165, 1.54) is 6.08 Å². The fraction of sp³-hybridized carbons (Fsp3) is 0.273. The molecule has 2 aromatic rings. The first-order chi connectivity index (χ1) is 13.6. The maximum atomic E-state index is 12.4. The Kier molecular flexibility index (Phi) is 5.23. The van der Waals surface area contributed by atoms with Crippen LogP contribution in [0.1, 0.15) is 23.7 Å². The van der Waals surface area contributed by atoms with E-state index >= 15 is 0 Å². The number of carbonyl (C=O) groups is 2. The third-order valence-corrected chi connectivity index (χ3v) is 4.89. The number of esters is 2. The average Bonchev–Trinajstić information content (AvgIpc) is 3.23. The number of aliphatic hydroxyl groups is 1. The van der Waals surface area contributed by atoms with Crippen molar-refractivity contribution in [2.45, 2.75) is 36.9 Å². The number of fused-ring (bicyclic) bond motifs is 1. The van der Waals surface area contributed by atoms with E-state index in [4.69, 9.17) is 14.2 Å². The molecule has 2 aromatic carbocycles. The summed E-state index contributed by atoms with van der Waals surface area (Å²) >= 11 is 0. The molecule has 0 bridgehead atoms. The second-order valence-corrected chi connectivity index (χ2v) is 6.80. The molecule has 144 valence electrons. The van der Waals surface area contributed by atoms with Gasteiger partial charge >= 0.3 is 11.9 Å². The van der Waals surface area contributed by atoms with E-state index in [1.807, 2.05) is 48.5 Å². The third-order valence-electron chi connectivity index (χ3n) is 4.89. The third kappa shape index (κ3) is 3.83. The van der Waals surface area contributed by atoms with Gasteiger partial charge in [-0.1, -0.05) is 60.7 Å². The minimum atomic E-state index is -1.08. The molecular formula is C22H20O6. The summed E-state index contributed by atoms with van der Waals surface area (Å²) in [5.74, 6) is -0.950. The normalized spacial score (nSPS) is 27.4. The van der Waals surface area contributed by atoms with Gasteiger partial charge in [-0.2, -0.15) is 0 Å². The van der Waals surface area contributed by atoms with Gasteiger partial charge in [-0.15, -0.1) is 0 Å². The smallest absolute Gasteiger partial charge is 0.331 e. The van der Waals surface area contributed by atoms with Crippen LogP contribution in [-0.2, 0) is 23.8 Å². The van der Waals surface area contributed by atoms with Crippen LogP contribution in [0.15, 0.2) is 66.7 Å². The minimum Gasteiger partial charge on any atom is -0.457 e. The van der Waals surface area contributed by atoms with E-state index in [2.05, 4.69) is 0 Å². The zero-order valence-corrected chi connectivity index (χ0v) is 15.0. The summed E-state index contributed by atoms with van der Waals surface area (Å²) in [4.78, 5) is 23.9. The molecule has 2 heterocycles. The fourth-order valence-corrected chi connectivity index (χ4v) is 3.55. The maximum Gasteiger partial charge on any atom is 0.331 e. The molecule has 2 saturated heterocycles. The van der Waals surface area contributed by atoms with E-state index in [9.17, 15) is 14.7 Å². The van der Waals surface area contributed by atoms with Crippen LogP contribution in [0.4, 0.5) is 0 Å². The molecule has 2 aliphatic heterocycles. The Balaban J connectivity index is 1.53. The molecule has 0 aliphatic carbocycles.